The van der Waals surface area contributed by atoms with Gasteiger partial charge in [-0.3, -0.25) is 0 Å². The maximum Gasteiger partial charge on any atom is 0.158 e. The summed E-state index contributed by atoms with van der Waals surface area (Å²) in [6, 6.07) is 2.45. The number of anilines is 2. The smallest absolute Gasteiger partial charge is 0.158 e. The van der Waals surface area contributed by atoms with Crippen LogP contribution in [0.25, 0.3) is 0 Å². The molecule has 0 spiro atoms. The number of hydrogen-bond donors (Lipinski definition) is 2. The molecule has 1 saturated carbocycles. The van der Waals surface area contributed by atoms with Crippen molar-refractivity contribution in [1.82, 2.24) is 9.97 Å². The van der Waals surface area contributed by atoms with Gasteiger partial charge in [0.25, 0.3) is 0 Å². The second kappa shape index (κ2) is 6.68. The van der Waals surface area contributed by atoms with Crippen molar-refractivity contribution < 1.29 is 9.84 Å². The molecule has 0 saturated heterocycles. The van der Waals surface area contributed by atoms with Crippen LogP contribution in [-0.4, -0.2) is 47.9 Å². The zero-order valence-corrected chi connectivity index (χ0v) is 11.6. The fourth-order valence-corrected chi connectivity index (χ4v) is 2.07. The summed E-state index contributed by atoms with van der Waals surface area (Å²) in [5.74, 6) is 2.34. The summed E-state index contributed by atoms with van der Waals surface area (Å²) in [7, 11) is 1.63. The highest BCUT2D eigenvalue weighted by Gasteiger charge is 2.30. The summed E-state index contributed by atoms with van der Waals surface area (Å²) in [4.78, 5) is 11.1. The molecule has 6 nitrogen and oxygen atoms in total. The van der Waals surface area contributed by atoms with E-state index in [0.717, 1.165) is 18.2 Å². The van der Waals surface area contributed by atoms with Crippen LogP contribution in [-0.2, 0) is 11.3 Å². The van der Waals surface area contributed by atoms with Gasteiger partial charge in [0.2, 0.25) is 0 Å². The van der Waals surface area contributed by atoms with Gasteiger partial charge in [-0.1, -0.05) is 0 Å². The molecular formula is C13H22N4O2. The van der Waals surface area contributed by atoms with Gasteiger partial charge >= 0.3 is 0 Å². The van der Waals surface area contributed by atoms with Crippen LogP contribution in [0.1, 0.15) is 25.6 Å². The summed E-state index contributed by atoms with van der Waals surface area (Å²) in [6.07, 6.45) is 2.33. The molecule has 6 heteroatoms. The molecule has 19 heavy (non-hydrogen) atoms. The van der Waals surface area contributed by atoms with Gasteiger partial charge in [0.05, 0.1) is 6.61 Å². The van der Waals surface area contributed by atoms with E-state index in [1.54, 1.807) is 7.11 Å². The minimum atomic E-state index is 0.136. The highest BCUT2D eigenvalue weighted by atomic mass is 16.5. The third-order valence-corrected chi connectivity index (χ3v) is 3.01. The standard InChI is InChI=1S/C13H22N4O2/c1-3-14-11-8-13(16-12(15-11)9-19-2)17(6-7-18)10-4-5-10/h8,10,18H,3-7,9H2,1-2H3,(H,14,15,16). The fourth-order valence-electron chi connectivity index (χ4n) is 2.07. The number of aromatic nitrogens is 2. The quantitative estimate of drug-likeness (QED) is 0.732. The first-order valence-corrected chi connectivity index (χ1v) is 6.76. The van der Waals surface area contributed by atoms with Crippen molar-refractivity contribution in [2.75, 3.05) is 37.0 Å². The fraction of sp³-hybridized carbons (Fsp3) is 0.692. The zero-order valence-electron chi connectivity index (χ0n) is 11.6. The Bertz CT molecular complexity index is 385. The number of nitrogens with zero attached hydrogens (tertiary/aromatic N) is 3. The zero-order chi connectivity index (χ0) is 13.7. The van der Waals surface area contributed by atoms with Gasteiger partial charge in [-0.15, -0.1) is 0 Å². The van der Waals surface area contributed by atoms with Crippen molar-refractivity contribution in [2.45, 2.75) is 32.4 Å². The Kier molecular flexibility index (Phi) is 4.93. The second-order valence-corrected chi connectivity index (χ2v) is 4.64. The normalized spacial score (nSPS) is 14.5. The molecule has 0 amide bonds. The van der Waals surface area contributed by atoms with Crippen LogP contribution in [0.4, 0.5) is 11.6 Å². The molecule has 1 aliphatic rings. The van der Waals surface area contributed by atoms with Gasteiger partial charge in [0.1, 0.15) is 18.2 Å². The van der Waals surface area contributed by atoms with Crippen LogP contribution in [0.15, 0.2) is 6.07 Å². The van der Waals surface area contributed by atoms with Gasteiger partial charge < -0.3 is 20.1 Å². The Labute approximate surface area is 113 Å². The molecule has 1 aromatic heterocycles. The van der Waals surface area contributed by atoms with E-state index in [9.17, 15) is 5.11 Å². The van der Waals surface area contributed by atoms with Crippen LogP contribution < -0.4 is 10.2 Å². The number of aliphatic hydroxyl groups is 1. The number of rotatable bonds is 8. The summed E-state index contributed by atoms with van der Waals surface area (Å²) in [5.41, 5.74) is 0. The van der Waals surface area contributed by atoms with Crippen LogP contribution in [0, 0.1) is 0 Å². The molecule has 1 aliphatic carbocycles. The second-order valence-electron chi connectivity index (χ2n) is 4.64. The largest absolute Gasteiger partial charge is 0.395 e. The molecule has 2 N–H and O–H groups in total. The number of aliphatic hydroxyl groups excluding tert-OH is 1. The van der Waals surface area contributed by atoms with E-state index < -0.39 is 0 Å². The van der Waals surface area contributed by atoms with Crippen molar-refractivity contribution in [1.29, 1.82) is 0 Å². The molecule has 0 aromatic carbocycles. The molecule has 0 unspecified atom stereocenters. The molecule has 0 bridgehead atoms. The predicted octanol–water partition coefficient (Wildman–Crippen LogP) is 1.02. The molecule has 1 fully saturated rings. The lowest BCUT2D eigenvalue weighted by molar-refractivity contribution is 0.178. The minimum absolute atomic E-state index is 0.136. The van der Waals surface area contributed by atoms with E-state index in [0.29, 0.717) is 25.0 Å². The Morgan fingerprint density at radius 1 is 1.47 bits per heavy atom. The molecular weight excluding hydrogens is 244 g/mol. The predicted molar refractivity (Wildman–Crippen MR) is 74.4 cm³/mol. The molecule has 2 rings (SSSR count). The number of hydrogen-bond acceptors (Lipinski definition) is 6. The monoisotopic (exact) mass is 266 g/mol. The van der Waals surface area contributed by atoms with Crippen molar-refractivity contribution in [2.24, 2.45) is 0 Å². The average molecular weight is 266 g/mol. The molecule has 0 radical (unpaired) electrons. The van der Waals surface area contributed by atoms with Gasteiger partial charge in [0.15, 0.2) is 5.82 Å². The van der Waals surface area contributed by atoms with E-state index in [1.165, 1.54) is 12.8 Å². The molecule has 1 aromatic rings. The summed E-state index contributed by atoms with van der Waals surface area (Å²) >= 11 is 0. The number of ether oxygens (including phenoxy) is 1. The van der Waals surface area contributed by atoms with Gasteiger partial charge in [-0.05, 0) is 19.8 Å². The molecule has 0 aliphatic heterocycles. The van der Waals surface area contributed by atoms with E-state index in [4.69, 9.17) is 4.74 Å². The highest BCUT2D eigenvalue weighted by molar-refractivity contribution is 5.51. The van der Waals surface area contributed by atoms with Crippen LogP contribution >= 0.6 is 0 Å². The van der Waals surface area contributed by atoms with E-state index in [-0.39, 0.29) is 6.61 Å². The maximum atomic E-state index is 9.19. The van der Waals surface area contributed by atoms with Crippen molar-refractivity contribution >= 4 is 11.6 Å². The lowest BCUT2D eigenvalue weighted by atomic mass is 10.4. The number of nitrogens with one attached hydrogen (secondary N) is 1. The Hall–Kier alpha value is -1.40. The molecule has 0 atom stereocenters. The van der Waals surface area contributed by atoms with Crippen molar-refractivity contribution in [3.8, 4) is 0 Å². The van der Waals surface area contributed by atoms with Crippen molar-refractivity contribution in [3.63, 3.8) is 0 Å². The van der Waals surface area contributed by atoms with Crippen LogP contribution in [0.5, 0.6) is 0 Å². The van der Waals surface area contributed by atoms with Crippen LogP contribution in [0.3, 0.4) is 0 Å². The number of methoxy groups -OCH3 is 1. The lowest BCUT2D eigenvalue weighted by Crippen LogP contribution is -2.30. The van der Waals surface area contributed by atoms with E-state index in [2.05, 4.69) is 20.2 Å². The third kappa shape index (κ3) is 3.78. The van der Waals surface area contributed by atoms with E-state index >= 15 is 0 Å². The summed E-state index contributed by atoms with van der Waals surface area (Å²) < 4.78 is 5.11. The summed E-state index contributed by atoms with van der Waals surface area (Å²) in [5, 5.41) is 12.4. The van der Waals surface area contributed by atoms with Gasteiger partial charge in [-0.2, -0.15) is 0 Å². The van der Waals surface area contributed by atoms with Crippen LogP contribution in [0.2, 0.25) is 0 Å². The SMILES string of the molecule is CCNc1cc(N(CCO)C2CC2)nc(COC)n1. The topological polar surface area (TPSA) is 70.5 Å². The van der Waals surface area contributed by atoms with E-state index in [1.807, 2.05) is 13.0 Å². The first kappa shape index (κ1) is 14.0. The Morgan fingerprint density at radius 3 is 2.84 bits per heavy atom. The Morgan fingerprint density at radius 2 is 2.26 bits per heavy atom. The van der Waals surface area contributed by atoms with Gasteiger partial charge in [0, 0.05) is 32.3 Å². The third-order valence-electron chi connectivity index (χ3n) is 3.01. The first-order valence-electron chi connectivity index (χ1n) is 6.76. The van der Waals surface area contributed by atoms with Crippen molar-refractivity contribution in [3.05, 3.63) is 11.9 Å². The average Bonchev–Trinajstić information content (AvgIpc) is 3.21. The summed E-state index contributed by atoms with van der Waals surface area (Å²) in [6.45, 7) is 3.98. The molecule has 106 valence electrons. The first-order chi connectivity index (χ1) is 9.28. The highest BCUT2D eigenvalue weighted by Crippen LogP contribution is 2.31. The minimum Gasteiger partial charge on any atom is -0.395 e. The van der Waals surface area contributed by atoms with Gasteiger partial charge in [-0.25, -0.2) is 9.97 Å². The lowest BCUT2D eigenvalue weighted by Gasteiger charge is -2.23. The Balaban J connectivity index is 2.24. The molecule has 1 heterocycles. The maximum absolute atomic E-state index is 9.19.